The van der Waals surface area contributed by atoms with E-state index < -0.39 is 0 Å². The van der Waals surface area contributed by atoms with Crippen molar-refractivity contribution in [1.29, 1.82) is 0 Å². The third-order valence-corrected chi connectivity index (χ3v) is 5.31. The minimum absolute atomic E-state index is 0.739. The zero-order valence-electron chi connectivity index (χ0n) is 17.4. The third-order valence-electron chi connectivity index (χ3n) is 5.31. The van der Waals surface area contributed by atoms with Crippen molar-refractivity contribution in [1.82, 2.24) is 0 Å². The maximum Gasteiger partial charge on any atom is -0.00670 e. The van der Waals surface area contributed by atoms with E-state index in [0.29, 0.717) is 0 Å². The Bertz CT molecular complexity index is 780. The molecule has 2 rings (SSSR count). The normalized spacial score (nSPS) is 11.5. The van der Waals surface area contributed by atoms with E-state index >= 15 is 0 Å². The summed E-state index contributed by atoms with van der Waals surface area (Å²) in [4.78, 5) is 0. The van der Waals surface area contributed by atoms with Crippen LogP contribution in [-0.2, 0) is 6.42 Å². The Morgan fingerprint density at radius 3 is 2.12 bits per heavy atom. The quantitative estimate of drug-likeness (QED) is 0.357. The smallest absolute Gasteiger partial charge is 0.00670 e. The van der Waals surface area contributed by atoms with Gasteiger partial charge in [-0.3, -0.25) is 0 Å². The summed E-state index contributed by atoms with van der Waals surface area (Å²) in [7, 11) is 0. The summed E-state index contributed by atoms with van der Waals surface area (Å²) < 4.78 is 0. The van der Waals surface area contributed by atoms with Gasteiger partial charge in [-0.25, -0.2) is 0 Å². The van der Waals surface area contributed by atoms with Crippen molar-refractivity contribution in [3.63, 3.8) is 0 Å². The van der Waals surface area contributed by atoms with Crippen LogP contribution in [0.25, 0.3) is 12.2 Å². The Morgan fingerprint density at radius 2 is 1.50 bits per heavy atom. The molecule has 26 heavy (non-hydrogen) atoms. The molecule has 0 saturated carbocycles. The molecular weight excluding hydrogens is 312 g/mol. The SMILES string of the molecule is C=C(CCC(C)C)Cc1cc(/C=C\c2cc(C)c(C)c(C)c2)ccc1C. The molecule has 0 aliphatic carbocycles. The highest BCUT2D eigenvalue weighted by Gasteiger charge is 2.04. The van der Waals surface area contributed by atoms with Gasteiger partial charge in [0.1, 0.15) is 0 Å². The van der Waals surface area contributed by atoms with Crippen molar-refractivity contribution in [2.45, 2.75) is 60.8 Å². The van der Waals surface area contributed by atoms with Crippen LogP contribution in [0.15, 0.2) is 42.5 Å². The van der Waals surface area contributed by atoms with Gasteiger partial charge in [-0.2, -0.15) is 0 Å². The fourth-order valence-electron chi connectivity index (χ4n) is 3.19. The lowest BCUT2D eigenvalue weighted by Crippen LogP contribution is -1.96. The molecule has 0 aromatic heterocycles. The van der Waals surface area contributed by atoms with Crippen molar-refractivity contribution >= 4 is 12.2 Å². The minimum Gasteiger partial charge on any atom is -0.0995 e. The van der Waals surface area contributed by atoms with Gasteiger partial charge in [0.15, 0.2) is 0 Å². The molecule has 0 unspecified atom stereocenters. The van der Waals surface area contributed by atoms with Gasteiger partial charge in [-0.15, -0.1) is 0 Å². The molecule has 0 heteroatoms. The zero-order chi connectivity index (χ0) is 19.3. The molecule has 2 aromatic rings. The van der Waals surface area contributed by atoms with Crippen LogP contribution in [-0.4, -0.2) is 0 Å². The topological polar surface area (TPSA) is 0 Å². The maximum atomic E-state index is 4.30. The fourth-order valence-corrected chi connectivity index (χ4v) is 3.19. The molecule has 0 spiro atoms. The second-order valence-electron chi connectivity index (χ2n) is 8.16. The molecule has 2 aromatic carbocycles. The molecular formula is C26H34. The van der Waals surface area contributed by atoms with Gasteiger partial charge >= 0.3 is 0 Å². The molecule has 0 amide bonds. The van der Waals surface area contributed by atoms with Crippen molar-refractivity contribution in [2.75, 3.05) is 0 Å². The van der Waals surface area contributed by atoms with E-state index in [-0.39, 0.29) is 0 Å². The summed E-state index contributed by atoms with van der Waals surface area (Å²) in [5, 5.41) is 0. The van der Waals surface area contributed by atoms with Gasteiger partial charge in [-0.1, -0.05) is 68.5 Å². The Kier molecular flexibility index (Phi) is 7.03. The van der Waals surface area contributed by atoms with Crippen LogP contribution in [0, 0.1) is 33.6 Å². The zero-order valence-corrected chi connectivity index (χ0v) is 17.4. The average molecular weight is 347 g/mol. The highest BCUT2D eigenvalue weighted by atomic mass is 14.1. The summed E-state index contributed by atoms with van der Waals surface area (Å²) in [6.45, 7) is 17.6. The average Bonchev–Trinajstić information content (AvgIpc) is 2.58. The van der Waals surface area contributed by atoms with E-state index in [1.165, 1.54) is 50.9 Å². The van der Waals surface area contributed by atoms with Gasteiger partial charge in [0.2, 0.25) is 0 Å². The monoisotopic (exact) mass is 346 g/mol. The van der Waals surface area contributed by atoms with Gasteiger partial charge in [-0.05, 0) is 91.8 Å². The predicted octanol–water partition coefficient (Wildman–Crippen LogP) is 7.63. The molecule has 0 aliphatic heterocycles. The molecule has 0 atom stereocenters. The van der Waals surface area contributed by atoms with E-state index in [9.17, 15) is 0 Å². The molecule has 0 N–H and O–H groups in total. The fraction of sp³-hybridized carbons (Fsp3) is 0.385. The molecule has 0 saturated heterocycles. The molecule has 0 radical (unpaired) electrons. The number of hydrogen-bond donors (Lipinski definition) is 0. The van der Waals surface area contributed by atoms with Crippen LogP contribution >= 0.6 is 0 Å². The summed E-state index contributed by atoms with van der Waals surface area (Å²) in [6.07, 6.45) is 7.79. The Morgan fingerprint density at radius 1 is 0.885 bits per heavy atom. The minimum atomic E-state index is 0.739. The van der Waals surface area contributed by atoms with Crippen LogP contribution in [0.1, 0.15) is 65.6 Å². The Hall–Kier alpha value is -2.08. The molecule has 0 fully saturated rings. The van der Waals surface area contributed by atoms with Crippen molar-refractivity contribution in [2.24, 2.45) is 5.92 Å². The van der Waals surface area contributed by atoms with Crippen molar-refractivity contribution < 1.29 is 0 Å². The lowest BCUT2D eigenvalue weighted by atomic mass is 9.94. The van der Waals surface area contributed by atoms with Crippen LogP contribution in [0.4, 0.5) is 0 Å². The first-order valence-corrected chi connectivity index (χ1v) is 9.78. The van der Waals surface area contributed by atoms with E-state index in [0.717, 1.165) is 18.8 Å². The van der Waals surface area contributed by atoms with Gasteiger partial charge < -0.3 is 0 Å². The van der Waals surface area contributed by atoms with Crippen molar-refractivity contribution in [3.8, 4) is 0 Å². The molecule has 138 valence electrons. The number of allylic oxidation sites excluding steroid dienone is 1. The second-order valence-corrected chi connectivity index (χ2v) is 8.16. The molecule has 0 bridgehead atoms. The first-order chi connectivity index (χ1) is 12.3. The summed E-state index contributed by atoms with van der Waals surface area (Å²) in [5.74, 6) is 0.739. The van der Waals surface area contributed by atoms with E-state index in [4.69, 9.17) is 0 Å². The van der Waals surface area contributed by atoms with Gasteiger partial charge in [0, 0.05) is 0 Å². The van der Waals surface area contributed by atoms with Crippen molar-refractivity contribution in [3.05, 3.63) is 81.4 Å². The number of benzene rings is 2. The number of rotatable bonds is 7. The predicted molar refractivity (Wildman–Crippen MR) is 118 cm³/mol. The number of aryl methyl sites for hydroxylation is 3. The highest BCUT2D eigenvalue weighted by Crippen LogP contribution is 2.21. The molecule has 0 heterocycles. The Balaban J connectivity index is 2.15. The van der Waals surface area contributed by atoms with E-state index in [1.54, 1.807) is 0 Å². The maximum absolute atomic E-state index is 4.30. The van der Waals surface area contributed by atoms with Crippen LogP contribution < -0.4 is 0 Å². The summed E-state index contributed by atoms with van der Waals surface area (Å²) in [5.41, 5.74) is 10.7. The van der Waals surface area contributed by atoms with E-state index in [2.05, 4.69) is 90.6 Å². The second kappa shape index (κ2) is 9.03. The molecule has 0 nitrogen and oxygen atoms in total. The highest BCUT2D eigenvalue weighted by molar-refractivity contribution is 5.71. The first kappa shape index (κ1) is 20.2. The van der Waals surface area contributed by atoms with Gasteiger partial charge in [0.05, 0.1) is 0 Å². The van der Waals surface area contributed by atoms with E-state index in [1.807, 2.05) is 0 Å². The standard InChI is InChI=1S/C26H34/c1-18(2)8-9-19(3)14-26-17-24(11-10-20(26)4)12-13-25-15-21(5)23(7)22(6)16-25/h10-13,15-18H,3,8-9,14H2,1-2,4-7H3/b13-12-. The summed E-state index contributed by atoms with van der Waals surface area (Å²) in [6, 6.07) is 11.3. The Labute approximate surface area is 160 Å². The lowest BCUT2D eigenvalue weighted by molar-refractivity contribution is 0.581. The van der Waals surface area contributed by atoms with Crippen LogP contribution in [0.3, 0.4) is 0 Å². The first-order valence-electron chi connectivity index (χ1n) is 9.78. The van der Waals surface area contributed by atoms with Crippen LogP contribution in [0.2, 0.25) is 0 Å². The summed E-state index contributed by atoms with van der Waals surface area (Å²) >= 11 is 0. The van der Waals surface area contributed by atoms with Gasteiger partial charge in [0.25, 0.3) is 0 Å². The molecule has 0 aliphatic rings. The number of hydrogen-bond acceptors (Lipinski definition) is 0. The third kappa shape index (κ3) is 5.73. The largest absolute Gasteiger partial charge is 0.0995 e. The van der Waals surface area contributed by atoms with Crippen LogP contribution in [0.5, 0.6) is 0 Å². The lowest BCUT2D eigenvalue weighted by Gasteiger charge is -2.11.